The van der Waals surface area contributed by atoms with Gasteiger partial charge in [0.05, 0.1) is 5.02 Å². The maximum Gasteiger partial charge on any atom is 0.166 e. The summed E-state index contributed by atoms with van der Waals surface area (Å²) < 4.78 is 0. The Morgan fingerprint density at radius 2 is 2.14 bits per heavy atom. The molecule has 68 valence electrons. The molecule has 4 heteroatoms. The molecule has 14 heavy (non-hydrogen) atoms. The van der Waals surface area contributed by atoms with Crippen LogP contribution in [0.15, 0.2) is 34.6 Å². The smallest absolute Gasteiger partial charge is 0.166 e. The van der Waals surface area contributed by atoms with Crippen LogP contribution >= 0.6 is 23.2 Å². The molecule has 0 unspecified atom stereocenters. The van der Waals surface area contributed by atoms with Crippen LogP contribution in [-0.4, -0.2) is 11.2 Å². The Bertz CT molecular complexity index is 447. The molecule has 0 N–H and O–H groups in total. The highest BCUT2D eigenvalue weighted by Gasteiger charge is 2.17. The highest BCUT2D eigenvalue weighted by atomic mass is 35.5. The van der Waals surface area contributed by atoms with Gasteiger partial charge in [0.25, 0.3) is 0 Å². The summed E-state index contributed by atoms with van der Waals surface area (Å²) in [6.07, 6.45) is 9.14. The minimum atomic E-state index is 0.565. The fourth-order valence-corrected chi connectivity index (χ4v) is 1.52. The molecular formula is C10H5Cl2N2+. The lowest BCUT2D eigenvalue weighted by Crippen LogP contribution is -1.93. The summed E-state index contributed by atoms with van der Waals surface area (Å²) in [5.41, 5.74) is 1.55. The number of hydrogen-bond acceptors (Lipinski definition) is 2. The van der Waals surface area contributed by atoms with Gasteiger partial charge >= 0.3 is 0 Å². The summed E-state index contributed by atoms with van der Waals surface area (Å²) in [7, 11) is 0. The molecule has 0 fully saturated rings. The van der Waals surface area contributed by atoms with Crippen LogP contribution in [0, 0.1) is 6.20 Å². The van der Waals surface area contributed by atoms with Gasteiger partial charge in [0.1, 0.15) is 11.6 Å². The molecular weight excluding hydrogens is 219 g/mol. The minimum Gasteiger partial charge on any atom is -0.264 e. The predicted octanol–water partition coefficient (Wildman–Crippen LogP) is 3.09. The first kappa shape index (κ1) is 9.35. The predicted molar refractivity (Wildman–Crippen MR) is 58.3 cm³/mol. The molecule has 0 radical (unpaired) electrons. The largest absolute Gasteiger partial charge is 0.264 e. The Morgan fingerprint density at radius 3 is 2.86 bits per heavy atom. The summed E-state index contributed by atoms with van der Waals surface area (Å²) in [6, 6.07) is 1.71. The third-order valence-electron chi connectivity index (χ3n) is 1.77. The van der Waals surface area contributed by atoms with Gasteiger partial charge in [-0.25, -0.2) is 0 Å². The maximum atomic E-state index is 5.99. The van der Waals surface area contributed by atoms with Crippen molar-refractivity contribution in [3.05, 3.63) is 46.4 Å². The topological polar surface area (TPSA) is 25.2 Å². The number of rotatable bonds is 1. The fourth-order valence-electron chi connectivity index (χ4n) is 1.11. The van der Waals surface area contributed by atoms with E-state index in [2.05, 4.69) is 16.2 Å². The molecule has 0 saturated carbocycles. The van der Waals surface area contributed by atoms with Gasteiger partial charge in [0.15, 0.2) is 17.4 Å². The average Bonchev–Trinajstić information content (AvgIpc) is 2.20. The number of hydrogen-bond donors (Lipinski definition) is 0. The Morgan fingerprint density at radius 1 is 1.29 bits per heavy atom. The number of pyridine rings is 1. The Hall–Kier alpha value is -1.21. The zero-order valence-corrected chi connectivity index (χ0v) is 8.55. The first-order chi connectivity index (χ1) is 6.79. The van der Waals surface area contributed by atoms with Gasteiger partial charge in [-0.05, 0) is 6.07 Å². The molecule has 2 heterocycles. The Labute approximate surface area is 91.6 Å². The van der Waals surface area contributed by atoms with Crippen LogP contribution < -0.4 is 0 Å². The van der Waals surface area contributed by atoms with E-state index in [0.717, 1.165) is 11.1 Å². The molecule has 0 aromatic carbocycles. The molecule has 1 aromatic rings. The fraction of sp³-hybridized carbons (Fsp3) is 0. The highest BCUT2D eigenvalue weighted by molar-refractivity contribution is 6.41. The van der Waals surface area contributed by atoms with Crippen LogP contribution in [0.1, 0.15) is 5.56 Å². The summed E-state index contributed by atoms with van der Waals surface area (Å²) in [6.45, 7) is 0. The summed E-state index contributed by atoms with van der Waals surface area (Å²) in [5, 5.41) is 1.17. The molecule has 2 nitrogen and oxygen atoms in total. The van der Waals surface area contributed by atoms with Crippen molar-refractivity contribution in [1.29, 1.82) is 0 Å². The molecule has 0 amide bonds. The molecule has 0 saturated heterocycles. The lowest BCUT2D eigenvalue weighted by atomic mass is 10.1. The molecule has 1 aliphatic heterocycles. The van der Waals surface area contributed by atoms with Crippen molar-refractivity contribution in [2.24, 2.45) is 4.99 Å². The van der Waals surface area contributed by atoms with E-state index in [9.17, 15) is 0 Å². The van der Waals surface area contributed by atoms with E-state index in [1.807, 2.05) is 0 Å². The highest BCUT2D eigenvalue weighted by Crippen LogP contribution is 2.27. The second-order valence-electron chi connectivity index (χ2n) is 2.65. The second kappa shape index (κ2) is 3.89. The summed E-state index contributed by atoms with van der Waals surface area (Å²) in [4.78, 5) is 7.85. The third-order valence-corrected chi connectivity index (χ3v) is 2.42. The maximum absolute atomic E-state index is 5.99. The van der Waals surface area contributed by atoms with Gasteiger partial charge in [-0.2, -0.15) is 0 Å². The SMILES string of the molecule is ClC1=C(c2cnccc2Cl)C=N[C+]=C1. The van der Waals surface area contributed by atoms with Crippen LogP contribution in [-0.2, 0) is 0 Å². The third kappa shape index (κ3) is 1.68. The monoisotopic (exact) mass is 223 g/mol. The number of aliphatic imine (C=N–C) groups is 1. The van der Waals surface area contributed by atoms with Gasteiger partial charge in [-0.1, -0.05) is 16.6 Å². The van der Waals surface area contributed by atoms with Crippen molar-refractivity contribution in [3.63, 3.8) is 0 Å². The van der Waals surface area contributed by atoms with Gasteiger partial charge in [-0.15, -0.1) is 0 Å². The normalized spacial score (nSPS) is 14.4. The van der Waals surface area contributed by atoms with Crippen molar-refractivity contribution in [1.82, 2.24) is 4.98 Å². The molecule has 0 spiro atoms. The van der Waals surface area contributed by atoms with Crippen LogP contribution in [0.5, 0.6) is 0 Å². The number of aromatic nitrogens is 1. The van der Waals surface area contributed by atoms with Gasteiger partial charge in [-0.3, -0.25) is 4.98 Å². The lowest BCUT2D eigenvalue weighted by Gasteiger charge is -2.00. The van der Waals surface area contributed by atoms with E-state index < -0.39 is 0 Å². The number of nitrogens with zero attached hydrogens (tertiary/aromatic N) is 2. The Kier molecular flexibility index (Phi) is 2.60. The number of allylic oxidation sites excluding steroid dienone is 3. The van der Waals surface area contributed by atoms with E-state index in [4.69, 9.17) is 23.2 Å². The van der Waals surface area contributed by atoms with E-state index in [0.29, 0.717) is 10.1 Å². The Balaban J connectivity index is 2.56. The van der Waals surface area contributed by atoms with Gasteiger partial charge < -0.3 is 0 Å². The molecule has 0 bridgehead atoms. The standard InChI is InChI=1S/C10H5Cl2N2/c11-9-1-3-13-5-7(9)8-6-14-4-2-10(8)12/h1-3,5-6H/q+1. The van der Waals surface area contributed by atoms with Crippen molar-refractivity contribution >= 4 is 35.0 Å². The zero-order chi connectivity index (χ0) is 9.97. The van der Waals surface area contributed by atoms with Crippen LogP contribution in [0.2, 0.25) is 5.02 Å². The van der Waals surface area contributed by atoms with Crippen molar-refractivity contribution < 1.29 is 0 Å². The number of halogens is 2. The first-order valence-corrected chi connectivity index (χ1v) is 4.66. The van der Waals surface area contributed by atoms with Crippen LogP contribution in [0.25, 0.3) is 5.57 Å². The first-order valence-electron chi connectivity index (χ1n) is 3.90. The molecule has 2 rings (SSSR count). The molecule has 1 aliphatic rings. The molecule has 0 atom stereocenters. The van der Waals surface area contributed by atoms with E-state index in [-0.39, 0.29) is 0 Å². The van der Waals surface area contributed by atoms with E-state index in [1.165, 1.54) is 0 Å². The van der Waals surface area contributed by atoms with Gasteiger partial charge in [0.2, 0.25) is 0 Å². The van der Waals surface area contributed by atoms with Crippen molar-refractivity contribution in [2.45, 2.75) is 0 Å². The summed E-state index contributed by atoms with van der Waals surface area (Å²) >= 11 is 12.0. The van der Waals surface area contributed by atoms with E-state index in [1.54, 1.807) is 30.8 Å². The van der Waals surface area contributed by atoms with Crippen LogP contribution in [0.3, 0.4) is 0 Å². The van der Waals surface area contributed by atoms with Crippen molar-refractivity contribution in [2.75, 3.05) is 0 Å². The van der Waals surface area contributed by atoms with E-state index >= 15 is 0 Å². The van der Waals surface area contributed by atoms with Gasteiger partial charge in [0, 0.05) is 29.6 Å². The molecule has 0 aliphatic carbocycles. The van der Waals surface area contributed by atoms with Crippen LogP contribution in [0.4, 0.5) is 0 Å². The quantitative estimate of drug-likeness (QED) is 0.673. The lowest BCUT2D eigenvalue weighted by molar-refractivity contribution is 1.31. The average molecular weight is 224 g/mol. The minimum absolute atomic E-state index is 0.565. The zero-order valence-electron chi connectivity index (χ0n) is 7.04. The summed E-state index contributed by atoms with van der Waals surface area (Å²) in [5.74, 6) is 0. The second-order valence-corrected chi connectivity index (χ2v) is 3.46. The molecule has 1 aromatic heterocycles. The van der Waals surface area contributed by atoms with Crippen molar-refractivity contribution in [3.8, 4) is 0 Å².